The number of unbranched alkanes of at least 4 members (excludes halogenated alkanes) is 2. The lowest BCUT2D eigenvalue weighted by molar-refractivity contribution is 0.0774. The van der Waals surface area contributed by atoms with Crippen LogP contribution in [0.5, 0.6) is 0 Å². The van der Waals surface area contributed by atoms with Gasteiger partial charge in [-0.15, -0.1) is 0 Å². The van der Waals surface area contributed by atoms with Gasteiger partial charge in [0.05, 0.1) is 5.67 Å². The molecule has 0 aromatic rings. The van der Waals surface area contributed by atoms with Crippen LogP contribution in [0.1, 0.15) is 46.5 Å². The summed E-state index contributed by atoms with van der Waals surface area (Å²) in [5, 5.41) is 0. The molecule has 0 aliphatic carbocycles. The van der Waals surface area contributed by atoms with Crippen LogP contribution < -0.4 is 0 Å². The molecule has 0 amide bonds. The van der Waals surface area contributed by atoms with Crippen molar-refractivity contribution in [3.05, 3.63) is 0 Å². The summed E-state index contributed by atoms with van der Waals surface area (Å²) in [6, 6.07) is 0. The zero-order chi connectivity index (χ0) is 14.0. The van der Waals surface area contributed by atoms with Gasteiger partial charge < -0.3 is 13.3 Å². The molecule has 1 atom stereocenters. The third-order valence-electron chi connectivity index (χ3n) is 3.51. The Kier molecular flexibility index (Phi) is 9.95. The minimum absolute atomic E-state index is 0.204. The van der Waals surface area contributed by atoms with Gasteiger partial charge in [0.1, 0.15) is 0 Å². The molecule has 110 valence electrons. The second-order valence-corrected chi connectivity index (χ2v) is 7.90. The summed E-state index contributed by atoms with van der Waals surface area (Å²) in [7, 11) is 2.51. The first-order valence-electron chi connectivity index (χ1n) is 7.01. The van der Waals surface area contributed by atoms with Crippen LogP contribution in [0, 0.1) is 0 Å². The highest BCUT2D eigenvalue weighted by Gasteiger charge is 2.47. The molecule has 0 aromatic carbocycles. The van der Waals surface area contributed by atoms with Crippen molar-refractivity contribution in [2.24, 2.45) is 0 Å². The van der Waals surface area contributed by atoms with E-state index in [1.807, 2.05) is 0 Å². The molecule has 0 saturated heterocycles. The van der Waals surface area contributed by atoms with Gasteiger partial charge in [0.15, 0.2) is 0 Å². The van der Waals surface area contributed by atoms with Crippen LogP contribution in [0.25, 0.3) is 0 Å². The second-order valence-electron chi connectivity index (χ2n) is 4.63. The van der Waals surface area contributed by atoms with Gasteiger partial charge in [-0.1, -0.05) is 26.7 Å². The predicted molar refractivity (Wildman–Crippen MR) is 77.6 cm³/mol. The fraction of sp³-hybridized carbons (Fsp3) is 1.00. The lowest BCUT2D eigenvalue weighted by Crippen LogP contribution is -2.60. The normalized spacial score (nSPS) is 14.2. The lowest BCUT2D eigenvalue weighted by atomic mass is 10.2. The quantitative estimate of drug-likeness (QED) is 0.543. The largest absolute Gasteiger partial charge is 0.517 e. The van der Waals surface area contributed by atoms with E-state index < -0.39 is 8.80 Å². The van der Waals surface area contributed by atoms with Crippen LogP contribution in [0.3, 0.4) is 0 Å². The van der Waals surface area contributed by atoms with Gasteiger partial charge in [-0.25, -0.2) is 0 Å². The molecule has 1 unspecified atom stereocenters. The summed E-state index contributed by atoms with van der Waals surface area (Å²) >= 11 is 0. The van der Waals surface area contributed by atoms with E-state index >= 15 is 0 Å². The van der Waals surface area contributed by atoms with Crippen molar-refractivity contribution in [1.29, 1.82) is 0 Å². The minimum Gasteiger partial charge on any atom is -0.376 e. The Bertz CT molecular complexity index is 184. The van der Waals surface area contributed by atoms with E-state index in [4.69, 9.17) is 13.3 Å². The Morgan fingerprint density at radius 3 is 1.56 bits per heavy atom. The molecule has 5 heteroatoms. The van der Waals surface area contributed by atoms with E-state index in [-0.39, 0.29) is 5.67 Å². The summed E-state index contributed by atoms with van der Waals surface area (Å²) < 4.78 is 16.8. The first kappa shape index (κ1) is 18.1. The standard InChI is InChI=1S/C13H31NO3Si/c1-7-9-11-14(12-10-8-2)13(3)18(15-4,16-5)17-6/h13H,7-12H2,1-6H3. The highest BCUT2D eigenvalue weighted by atomic mass is 28.4. The van der Waals surface area contributed by atoms with Crippen molar-refractivity contribution in [3.8, 4) is 0 Å². The van der Waals surface area contributed by atoms with Gasteiger partial charge >= 0.3 is 8.80 Å². The zero-order valence-electron chi connectivity index (χ0n) is 13.0. The van der Waals surface area contributed by atoms with Crippen molar-refractivity contribution in [3.63, 3.8) is 0 Å². The lowest BCUT2D eigenvalue weighted by Gasteiger charge is -2.37. The Labute approximate surface area is 114 Å². The Balaban J connectivity index is 4.71. The molecule has 0 aliphatic rings. The fourth-order valence-corrected chi connectivity index (χ4v) is 4.44. The first-order valence-corrected chi connectivity index (χ1v) is 8.81. The minimum atomic E-state index is -2.56. The Morgan fingerprint density at radius 1 is 0.889 bits per heavy atom. The van der Waals surface area contributed by atoms with Gasteiger partial charge in [-0.3, -0.25) is 4.90 Å². The SMILES string of the molecule is CCCCN(CCCC)C(C)[Si](OC)(OC)OC. The van der Waals surface area contributed by atoms with Crippen LogP contribution in [0.4, 0.5) is 0 Å². The van der Waals surface area contributed by atoms with Crippen LogP contribution in [0.15, 0.2) is 0 Å². The highest BCUT2D eigenvalue weighted by Crippen LogP contribution is 2.18. The number of rotatable bonds is 11. The smallest absolute Gasteiger partial charge is 0.376 e. The Hall–Kier alpha value is 0.0569. The number of hydrogen-bond acceptors (Lipinski definition) is 4. The summed E-state index contributed by atoms with van der Waals surface area (Å²) in [6.07, 6.45) is 4.82. The van der Waals surface area contributed by atoms with Crippen LogP contribution in [0.2, 0.25) is 0 Å². The molecular formula is C13H31NO3Si. The molecule has 18 heavy (non-hydrogen) atoms. The zero-order valence-corrected chi connectivity index (χ0v) is 14.0. The molecule has 0 aliphatic heterocycles. The van der Waals surface area contributed by atoms with Gasteiger partial charge in [-0.05, 0) is 32.9 Å². The molecule has 0 spiro atoms. The topological polar surface area (TPSA) is 30.9 Å². The van der Waals surface area contributed by atoms with E-state index in [9.17, 15) is 0 Å². The third kappa shape index (κ3) is 4.97. The molecule has 0 aromatic heterocycles. The number of nitrogens with zero attached hydrogens (tertiary/aromatic N) is 1. The van der Waals surface area contributed by atoms with Crippen LogP contribution in [-0.2, 0) is 13.3 Å². The van der Waals surface area contributed by atoms with E-state index in [1.54, 1.807) is 21.3 Å². The van der Waals surface area contributed by atoms with Crippen LogP contribution in [-0.4, -0.2) is 53.8 Å². The maximum Gasteiger partial charge on any atom is 0.517 e. The third-order valence-corrected chi connectivity index (χ3v) is 6.61. The summed E-state index contributed by atoms with van der Waals surface area (Å²) in [4.78, 5) is 2.45. The van der Waals surface area contributed by atoms with E-state index in [0.717, 1.165) is 13.1 Å². The molecule has 0 bridgehead atoms. The number of hydrogen-bond donors (Lipinski definition) is 0. The van der Waals surface area contributed by atoms with Crippen molar-refractivity contribution in [2.45, 2.75) is 52.1 Å². The molecule has 0 saturated carbocycles. The van der Waals surface area contributed by atoms with Gasteiger partial charge in [0, 0.05) is 21.3 Å². The Morgan fingerprint density at radius 2 is 1.28 bits per heavy atom. The average Bonchev–Trinajstić information content (AvgIpc) is 2.41. The molecular weight excluding hydrogens is 246 g/mol. The van der Waals surface area contributed by atoms with Crippen molar-refractivity contribution < 1.29 is 13.3 Å². The van der Waals surface area contributed by atoms with Crippen molar-refractivity contribution in [2.75, 3.05) is 34.4 Å². The molecule has 4 nitrogen and oxygen atoms in total. The molecule has 0 heterocycles. The van der Waals surface area contributed by atoms with E-state index in [1.165, 1.54) is 25.7 Å². The van der Waals surface area contributed by atoms with Crippen molar-refractivity contribution in [1.82, 2.24) is 4.90 Å². The van der Waals surface area contributed by atoms with E-state index in [0.29, 0.717) is 0 Å². The molecule has 0 rings (SSSR count). The fourth-order valence-electron chi connectivity index (χ4n) is 2.21. The van der Waals surface area contributed by atoms with Gasteiger partial charge in [-0.2, -0.15) is 0 Å². The summed E-state index contributed by atoms with van der Waals surface area (Å²) in [5.41, 5.74) is 0.204. The summed E-state index contributed by atoms with van der Waals surface area (Å²) in [6.45, 7) is 8.77. The second kappa shape index (κ2) is 9.92. The van der Waals surface area contributed by atoms with Crippen molar-refractivity contribution >= 4 is 8.80 Å². The summed E-state index contributed by atoms with van der Waals surface area (Å²) in [5.74, 6) is 0. The van der Waals surface area contributed by atoms with E-state index in [2.05, 4.69) is 25.7 Å². The van der Waals surface area contributed by atoms with Crippen LogP contribution >= 0.6 is 0 Å². The monoisotopic (exact) mass is 277 g/mol. The predicted octanol–water partition coefficient (Wildman–Crippen LogP) is 2.69. The molecule has 0 fully saturated rings. The van der Waals surface area contributed by atoms with Gasteiger partial charge in [0.25, 0.3) is 0 Å². The molecule has 0 N–H and O–H groups in total. The molecule has 0 radical (unpaired) electrons. The maximum atomic E-state index is 5.59. The maximum absolute atomic E-state index is 5.59. The average molecular weight is 277 g/mol. The highest BCUT2D eigenvalue weighted by molar-refractivity contribution is 6.62. The first-order chi connectivity index (χ1) is 8.61. The van der Waals surface area contributed by atoms with Gasteiger partial charge in [0.2, 0.25) is 0 Å².